The summed E-state index contributed by atoms with van der Waals surface area (Å²) in [6.07, 6.45) is 2.46. The Balaban J connectivity index is 1.91. The number of hydrogen-bond acceptors (Lipinski definition) is 2. The van der Waals surface area contributed by atoms with Gasteiger partial charge in [-0.1, -0.05) is 18.2 Å². The van der Waals surface area contributed by atoms with Crippen LogP contribution in [0, 0.1) is 0 Å². The number of benzene rings is 1. The maximum atomic E-state index is 3.54. The summed E-state index contributed by atoms with van der Waals surface area (Å²) in [4.78, 5) is 3.96. The second-order valence-corrected chi connectivity index (χ2v) is 6.79. The lowest BCUT2D eigenvalue weighted by Crippen LogP contribution is -2.36. The van der Waals surface area contributed by atoms with Crippen LogP contribution in [0.25, 0.3) is 0 Å². The number of para-hydroxylation sites is 1. The molecule has 0 radical (unpaired) electrons. The van der Waals surface area contributed by atoms with Gasteiger partial charge in [-0.05, 0) is 53.4 Å². The number of halogens is 1. The van der Waals surface area contributed by atoms with Gasteiger partial charge in [0.15, 0.2) is 0 Å². The molecule has 2 heterocycles. The van der Waals surface area contributed by atoms with Crippen molar-refractivity contribution in [2.75, 3.05) is 4.90 Å². The first-order valence-corrected chi connectivity index (χ1v) is 7.99. The molecule has 94 valence electrons. The highest BCUT2D eigenvalue weighted by molar-refractivity contribution is 9.10. The molecule has 0 aliphatic carbocycles. The summed E-state index contributed by atoms with van der Waals surface area (Å²) in [6.45, 7) is 3.35. The predicted octanol–water partition coefficient (Wildman–Crippen LogP) is 4.85. The molecule has 0 bridgehead atoms. The normalized spacial score (nSPS) is 18.8. The lowest BCUT2D eigenvalue weighted by molar-refractivity contribution is 0.562. The molecule has 1 atom stereocenters. The van der Waals surface area contributed by atoms with E-state index in [4.69, 9.17) is 0 Å². The van der Waals surface area contributed by atoms with Gasteiger partial charge in [0.1, 0.15) is 0 Å². The van der Waals surface area contributed by atoms with Crippen molar-refractivity contribution in [3.05, 3.63) is 50.6 Å². The Morgan fingerprint density at radius 2 is 2.22 bits per heavy atom. The number of rotatable bonds is 2. The minimum atomic E-state index is 0.626. The lowest BCUT2D eigenvalue weighted by atomic mass is 9.96. The summed E-state index contributed by atoms with van der Waals surface area (Å²) in [5.74, 6) is 0. The Kier molecular flexibility index (Phi) is 3.44. The minimum absolute atomic E-state index is 0.626. The van der Waals surface area contributed by atoms with Gasteiger partial charge in [0.05, 0.1) is 6.54 Å². The van der Waals surface area contributed by atoms with Crippen LogP contribution in [0.4, 0.5) is 5.69 Å². The average Bonchev–Trinajstić information content (AvgIpc) is 2.79. The van der Waals surface area contributed by atoms with E-state index in [0.29, 0.717) is 6.04 Å². The monoisotopic (exact) mass is 321 g/mol. The van der Waals surface area contributed by atoms with Gasteiger partial charge in [0.25, 0.3) is 0 Å². The molecule has 0 saturated carbocycles. The Morgan fingerprint density at radius 1 is 1.39 bits per heavy atom. The van der Waals surface area contributed by atoms with E-state index < -0.39 is 0 Å². The van der Waals surface area contributed by atoms with Crippen LogP contribution in [0.2, 0.25) is 0 Å². The first-order chi connectivity index (χ1) is 8.74. The van der Waals surface area contributed by atoms with Crippen molar-refractivity contribution in [1.82, 2.24) is 0 Å². The second kappa shape index (κ2) is 5.06. The molecule has 1 aliphatic heterocycles. The third-order valence-corrected chi connectivity index (χ3v) is 5.29. The van der Waals surface area contributed by atoms with Crippen LogP contribution in [-0.4, -0.2) is 6.04 Å². The Labute approximate surface area is 121 Å². The molecule has 0 spiro atoms. The van der Waals surface area contributed by atoms with Gasteiger partial charge in [-0.15, -0.1) is 11.3 Å². The quantitative estimate of drug-likeness (QED) is 0.764. The van der Waals surface area contributed by atoms with E-state index in [0.717, 1.165) is 6.54 Å². The second-order valence-electron chi connectivity index (χ2n) is 4.88. The van der Waals surface area contributed by atoms with Gasteiger partial charge in [-0.3, -0.25) is 0 Å². The van der Waals surface area contributed by atoms with Crippen LogP contribution in [0.15, 0.2) is 40.2 Å². The first-order valence-electron chi connectivity index (χ1n) is 6.31. The molecule has 1 unspecified atom stereocenters. The van der Waals surface area contributed by atoms with Crippen molar-refractivity contribution in [3.63, 3.8) is 0 Å². The van der Waals surface area contributed by atoms with Gasteiger partial charge >= 0.3 is 0 Å². The molecular weight excluding hydrogens is 306 g/mol. The molecule has 3 rings (SSSR count). The molecule has 1 aromatic heterocycles. The topological polar surface area (TPSA) is 3.24 Å². The molecule has 0 amide bonds. The molecule has 0 saturated heterocycles. The lowest BCUT2D eigenvalue weighted by Gasteiger charge is -2.36. The molecule has 1 nitrogen and oxygen atoms in total. The van der Waals surface area contributed by atoms with Crippen molar-refractivity contribution < 1.29 is 0 Å². The van der Waals surface area contributed by atoms with Crippen LogP contribution >= 0.6 is 27.3 Å². The van der Waals surface area contributed by atoms with Crippen LogP contribution < -0.4 is 4.90 Å². The van der Waals surface area contributed by atoms with E-state index in [1.54, 1.807) is 0 Å². The van der Waals surface area contributed by atoms with Crippen LogP contribution in [0.3, 0.4) is 0 Å². The summed E-state index contributed by atoms with van der Waals surface area (Å²) >= 11 is 5.37. The van der Waals surface area contributed by atoms with Crippen molar-refractivity contribution in [2.24, 2.45) is 0 Å². The number of hydrogen-bond donors (Lipinski definition) is 0. The van der Waals surface area contributed by atoms with Crippen molar-refractivity contribution in [1.29, 1.82) is 0 Å². The van der Waals surface area contributed by atoms with Gasteiger partial charge in [-0.2, -0.15) is 0 Å². The fraction of sp³-hybridized carbons (Fsp3) is 0.333. The number of anilines is 1. The zero-order chi connectivity index (χ0) is 12.5. The Bertz CT molecular complexity index is 549. The number of fused-ring (bicyclic) bond motifs is 1. The number of thiophene rings is 1. The zero-order valence-corrected chi connectivity index (χ0v) is 12.8. The third-order valence-electron chi connectivity index (χ3n) is 3.61. The van der Waals surface area contributed by atoms with E-state index in [1.807, 2.05) is 11.3 Å². The first kappa shape index (κ1) is 12.2. The Morgan fingerprint density at radius 3 is 3.00 bits per heavy atom. The fourth-order valence-electron chi connectivity index (χ4n) is 2.61. The maximum Gasteiger partial charge on any atom is 0.0526 e. The number of aryl methyl sites for hydroxylation is 1. The standard InChI is InChI=1S/C15H16BrNS/c1-11-6-7-12-4-2-3-5-15(12)17(11)9-14-8-13(16)10-18-14/h2-5,8,10-11H,6-7,9H2,1H3. The summed E-state index contributed by atoms with van der Waals surface area (Å²) in [7, 11) is 0. The molecule has 1 aromatic carbocycles. The van der Waals surface area contributed by atoms with Gasteiger partial charge < -0.3 is 4.90 Å². The SMILES string of the molecule is CC1CCc2ccccc2N1Cc1cc(Br)cs1. The van der Waals surface area contributed by atoms with E-state index in [9.17, 15) is 0 Å². The third kappa shape index (κ3) is 2.34. The largest absolute Gasteiger partial charge is 0.363 e. The van der Waals surface area contributed by atoms with Gasteiger partial charge in [-0.25, -0.2) is 0 Å². The molecule has 2 aromatic rings. The molecule has 3 heteroatoms. The highest BCUT2D eigenvalue weighted by Gasteiger charge is 2.22. The fourth-order valence-corrected chi connectivity index (χ4v) is 4.05. The maximum absolute atomic E-state index is 3.54. The summed E-state index contributed by atoms with van der Waals surface area (Å²) in [6, 6.07) is 11.7. The summed E-state index contributed by atoms with van der Waals surface area (Å²) < 4.78 is 1.19. The van der Waals surface area contributed by atoms with E-state index in [1.165, 1.54) is 33.4 Å². The van der Waals surface area contributed by atoms with Crippen molar-refractivity contribution in [2.45, 2.75) is 32.4 Å². The zero-order valence-electron chi connectivity index (χ0n) is 10.4. The summed E-state index contributed by atoms with van der Waals surface area (Å²) in [5.41, 5.74) is 2.91. The molecule has 0 N–H and O–H groups in total. The van der Waals surface area contributed by atoms with Gasteiger partial charge in [0.2, 0.25) is 0 Å². The highest BCUT2D eigenvalue weighted by Crippen LogP contribution is 2.33. The predicted molar refractivity (Wildman–Crippen MR) is 82.4 cm³/mol. The van der Waals surface area contributed by atoms with E-state index in [2.05, 4.69) is 63.5 Å². The molecule has 18 heavy (non-hydrogen) atoms. The van der Waals surface area contributed by atoms with Crippen molar-refractivity contribution >= 4 is 33.0 Å². The van der Waals surface area contributed by atoms with E-state index >= 15 is 0 Å². The summed E-state index contributed by atoms with van der Waals surface area (Å²) in [5, 5.41) is 2.16. The smallest absolute Gasteiger partial charge is 0.0526 e. The minimum Gasteiger partial charge on any atom is -0.363 e. The molecule has 0 fully saturated rings. The van der Waals surface area contributed by atoms with Crippen LogP contribution in [0.1, 0.15) is 23.8 Å². The van der Waals surface area contributed by atoms with Crippen LogP contribution in [0.5, 0.6) is 0 Å². The highest BCUT2D eigenvalue weighted by atomic mass is 79.9. The van der Waals surface area contributed by atoms with Crippen LogP contribution in [-0.2, 0) is 13.0 Å². The molecular formula is C15H16BrNS. The average molecular weight is 322 g/mol. The van der Waals surface area contributed by atoms with Crippen molar-refractivity contribution in [3.8, 4) is 0 Å². The van der Waals surface area contributed by atoms with E-state index in [-0.39, 0.29) is 0 Å². The Hall–Kier alpha value is -0.800. The number of nitrogens with zero attached hydrogens (tertiary/aromatic N) is 1. The molecule has 1 aliphatic rings. The van der Waals surface area contributed by atoms with Gasteiger partial charge in [0, 0.05) is 26.5 Å².